The van der Waals surface area contributed by atoms with Crippen molar-refractivity contribution in [2.75, 3.05) is 6.54 Å². The van der Waals surface area contributed by atoms with Crippen molar-refractivity contribution in [3.05, 3.63) is 36.2 Å². The van der Waals surface area contributed by atoms with E-state index < -0.39 is 0 Å². The topological polar surface area (TPSA) is 59.2 Å². The average Bonchev–Trinajstić information content (AvgIpc) is 3.34. The number of aromatic nitrogens is 2. The molecule has 126 valence electrons. The number of carbonyl (C=O) groups excluding carboxylic acids is 1. The van der Waals surface area contributed by atoms with Gasteiger partial charge in [-0.05, 0) is 32.1 Å². The standard InChI is InChI=1S/C19H23N3O2/c23-19(15-10-4-5-11-15)22-13-7-6-12-16(22)18-20-17(21-24-18)14-8-2-1-3-9-14/h1-3,8-9,15-16H,4-7,10-13H2. The van der Waals surface area contributed by atoms with Crippen LogP contribution in [0.5, 0.6) is 0 Å². The minimum absolute atomic E-state index is 0.0585. The maximum absolute atomic E-state index is 12.9. The van der Waals surface area contributed by atoms with Crippen molar-refractivity contribution in [2.24, 2.45) is 5.92 Å². The first-order valence-corrected chi connectivity index (χ1v) is 9.02. The highest BCUT2D eigenvalue weighted by Gasteiger charge is 2.36. The zero-order valence-electron chi connectivity index (χ0n) is 13.9. The van der Waals surface area contributed by atoms with Gasteiger partial charge >= 0.3 is 0 Å². The van der Waals surface area contributed by atoms with Gasteiger partial charge in [-0.3, -0.25) is 4.79 Å². The first-order chi connectivity index (χ1) is 11.8. The molecule has 0 radical (unpaired) electrons. The Morgan fingerprint density at radius 3 is 2.58 bits per heavy atom. The predicted molar refractivity (Wildman–Crippen MR) is 90.0 cm³/mol. The van der Waals surface area contributed by atoms with E-state index in [0.717, 1.165) is 44.2 Å². The van der Waals surface area contributed by atoms with Crippen molar-refractivity contribution in [3.8, 4) is 11.4 Å². The Labute approximate surface area is 142 Å². The molecule has 2 aliphatic rings. The van der Waals surface area contributed by atoms with Gasteiger partial charge in [-0.2, -0.15) is 4.98 Å². The van der Waals surface area contributed by atoms with Crippen LogP contribution in [0.15, 0.2) is 34.9 Å². The van der Waals surface area contributed by atoms with Crippen molar-refractivity contribution >= 4 is 5.91 Å². The quantitative estimate of drug-likeness (QED) is 0.856. The lowest BCUT2D eigenvalue weighted by Crippen LogP contribution is -2.41. The van der Waals surface area contributed by atoms with E-state index in [1.54, 1.807) is 0 Å². The Bertz CT molecular complexity index is 692. The molecule has 24 heavy (non-hydrogen) atoms. The lowest BCUT2D eigenvalue weighted by molar-refractivity contribution is -0.140. The summed E-state index contributed by atoms with van der Waals surface area (Å²) in [5.74, 6) is 1.67. The summed E-state index contributed by atoms with van der Waals surface area (Å²) in [5.41, 5.74) is 0.942. The highest BCUT2D eigenvalue weighted by atomic mass is 16.5. The minimum atomic E-state index is -0.0585. The highest BCUT2D eigenvalue weighted by molar-refractivity contribution is 5.79. The second-order valence-electron chi connectivity index (χ2n) is 6.85. The highest BCUT2D eigenvalue weighted by Crippen LogP contribution is 2.35. The molecule has 5 nitrogen and oxygen atoms in total. The average molecular weight is 325 g/mol. The minimum Gasteiger partial charge on any atom is -0.337 e. The first-order valence-electron chi connectivity index (χ1n) is 9.02. The maximum Gasteiger partial charge on any atom is 0.249 e. The van der Waals surface area contributed by atoms with Crippen LogP contribution in [0.25, 0.3) is 11.4 Å². The van der Waals surface area contributed by atoms with E-state index in [2.05, 4.69) is 10.1 Å². The van der Waals surface area contributed by atoms with Gasteiger partial charge in [0.05, 0.1) is 0 Å². The van der Waals surface area contributed by atoms with Gasteiger partial charge in [0, 0.05) is 18.0 Å². The third-order valence-corrected chi connectivity index (χ3v) is 5.25. The summed E-state index contributed by atoms with van der Waals surface area (Å²) in [4.78, 5) is 19.5. The molecule has 1 unspecified atom stereocenters. The molecule has 5 heteroatoms. The number of nitrogens with zero attached hydrogens (tertiary/aromatic N) is 3. The number of amides is 1. The van der Waals surface area contributed by atoms with E-state index in [4.69, 9.17) is 4.52 Å². The van der Waals surface area contributed by atoms with Gasteiger partial charge in [0.25, 0.3) is 0 Å². The molecule has 1 aliphatic carbocycles. The Hall–Kier alpha value is -2.17. The third kappa shape index (κ3) is 2.95. The van der Waals surface area contributed by atoms with Gasteiger partial charge in [0.1, 0.15) is 6.04 Å². The molecule has 1 atom stereocenters. The van der Waals surface area contributed by atoms with Crippen LogP contribution in [0.2, 0.25) is 0 Å². The van der Waals surface area contributed by atoms with E-state index >= 15 is 0 Å². The summed E-state index contributed by atoms with van der Waals surface area (Å²) in [5, 5.41) is 4.13. The normalized spacial score (nSPS) is 22.0. The number of benzene rings is 1. The number of likely N-dealkylation sites (tertiary alicyclic amines) is 1. The summed E-state index contributed by atoms with van der Waals surface area (Å²) in [6.07, 6.45) is 7.48. The number of hydrogen-bond acceptors (Lipinski definition) is 4. The van der Waals surface area contributed by atoms with Gasteiger partial charge in [-0.1, -0.05) is 48.3 Å². The van der Waals surface area contributed by atoms with Crippen molar-refractivity contribution in [1.29, 1.82) is 0 Å². The molecule has 1 saturated heterocycles. The van der Waals surface area contributed by atoms with Crippen molar-refractivity contribution in [3.63, 3.8) is 0 Å². The van der Waals surface area contributed by atoms with Crippen LogP contribution in [0.1, 0.15) is 56.9 Å². The molecule has 0 spiro atoms. The first kappa shape index (κ1) is 15.4. The fourth-order valence-electron chi connectivity index (χ4n) is 3.93. The number of hydrogen-bond donors (Lipinski definition) is 0. The van der Waals surface area contributed by atoms with Crippen LogP contribution < -0.4 is 0 Å². The monoisotopic (exact) mass is 325 g/mol. The maximum atomic E-state index is 12.9. The van der Waals surface area contributed by atoms with E-state index in [0.29, 0.717) is 11.7 Å². The van der Waals surface area contributed by atoms with E-state index in [9.17, 15) is 4.79 Å². The molecule has 2 heterocycles. The van der Waals surface area contributed by atoms with E-state index in [1.807, 2.05) is 35.2 Å². The molecule has 1 aliphatic heterocycles. The third-order valence-electron chi connectivity index (χ3n) is 5.25. The zero-order valence-corrected chi connectivity index (χ0v) is 13.9. The van der Waals surface area contributed by atoms with Crippen LogP contribution in [0.4, 0.5) is 0 Å². The van der Waals surface area contributed by atoms with Crippen LogP contribution >= 0.6 is 0 Å². The van der Waals surface area contributed by atoms with Crippen LogP contribution in [0.3, 0.4) is 0 Å². The number of rotatable bonds is 3. The SMILES string of the molecule is O=C(C1CCCC1)N1CCCCC1c1nc(-c2ccccc2)no1. The zero-order chi connectivity index (χ0) is 16.4. The molecule has 1 aromatic carbocycles. The van der Waals surface area contributed by atoms with Crippen LogP contribution in [-0.4, -0.2) is 27.5 Å². The van der Waals surface area contributed by atoms with Crippen molar-refractivity contribution in [1.82, 2.24) is 15.0 Å². The fraction of sp³-hybridized carbons (Fsp3) is 0.526. The summed E-state index contributed by atoms with van der Waals surface area (Å²) >= 11 is 0. The molecule has 2 fully saturated rings. The van der Waals surface area contributed by atoms with Crippen LogP contribution in [-0.2, 0) is 4.79 Å². The molecular formula is C19H23N3O2. The Morgan fingerprint density at radius 1 is 1.04 bits per heavy atom. The second kappa shape index (κ2) is 6.75. The molecule has 0 bridgehead atoms. The Balaban J connectivity index is 1.57. The number of piperidine rings is 1. The van der Waals surface area contributed by atoms with Crippen LogP contribution in [0, 0.1) is 5.92 Å². The van der Waals surface area contributed by atoms with E-state index in [1.165, 1.54) is 12.8 Å². The van der Waals surface area contributed by atoms with Gasteiger partial charge < -0.3 is 9.42 Å². The molecular weight excluding hydrogens is 302 g/mol. The smallest absolute Gasteiger partial charge is 0.249 e. The van der Waals surface area contributed by atoms with Gasteiger partial charge in [-0.15, -0.1) is 0 Å². The summed E-state index contributed by atoms with van der Waals surface area (Å²) in [7, 11) is 0. The lowest BCUT2D eigenvalue weighted by atomic mass is 9.98. The molecule has 1 saturated carbocycles. The van der Waals surface area contributed by atoms with Crippen molar-refractivity contribution < 1.29 is 9.32 Å². The Morgan fingerprint density at radius 2 is 1.79 bits per heavy atom. The summed E-state index contributed by atoms with van der Waals surface area (Å²) < 4.78 is 5.55. The number of carbonyl (C=O) groups is 1. The fourth-order valence-corrected chi connectivity index (χ4v) is 3.93. The van der Waals surface area contributed by atoms with E-state index in [-0.39, 0.29) is 17.9 Å². The molecule has 2 aromatic rings. The second-order valence-corrected chi connectivity index (χ2v) is 6.85. The molecule has 0 N–H and O–H groups in total. The largest absolute Gasteiger partial charge is 0.337 e. The van der Waals surface area contributed by atoms with Gasteiger partial charge in [0.2, 0.25) is 17.6 Å². The van der Waals surface area contributed by atoms with Gasteiger partial charge in [-0.25, -0.2) is 0 Å². The molecule has 4 rings (SSSR count). The predicted octanol–water partition coefficient (Wildman–Crippen LogP) is 3.98. The van der Waals surface area contributed by atoms with Gasteiger partial charge in [0.15, 0.2) is 0 Å². The molecule has 1 aromatic heterocycles. The summed E-state index contributed by atoms with van der Waals surface area (Å²) in [6, 6.07) is 9.77. The summed E-state index contributed by atoms with van der Waals surface area (Å²) in [6.45, 7) is 0.809. The lowest BCUT2D eigenvalue weighted by Gasteiger charge is -2.35. The van der Waals surface area contributed by atoms with Crippen molar-refractivity contribution in [2.45, 2.75) is 51.0 Å². The Kier molecular flexibility index (Phi) is 4.32. The molecule has 1 amide bonds.